The normalized spacial score (nSPS) is 9.96. The summed E-state index contributed by atoms with van der Waals surface area (Å²) in [7, 11) is 0. The molecule has 2 aromatic rings. The monoisotopic (exact) mass is 338 g/mol. The van der Waals surface area contributed by atoms with Crippen molar-refractivity contribution in [2.75, 3.05) is 18.4 Å². The molecule has 0 saturated carbocycles. The lowest BCUT2D eigenvalue weighted by Crippen LogP contribution is -2.35. The van der Waals surface area contributed by atoms with Gasteiger partial charge in [-0.3, -0.25) is 4.79 Å². The molecule has 0 bridgehead atoms. The van der Waals surface area contributed by atoms with Crippen LogP contribution in [0.15, 0.2) is 67.3 Å². The van der Waals surface area contributed by atoms with Crippen LogP contribution in [0.1, 0.15) is 12.5 Å². The van der Waals surface area contributed by atoms with Crippen LogP contribution in [0.5, 0.6) is 5.75 Å². The van der Waals surface area contributed by atoms with Gasteiger partial charge < -0.3 is 15.0 Å². The molecule has 0 aliphatic rings. The lowest BCUT2D eigenvalue weighted by molar-refractivity contribution is -0.114. The minimum atomic E-state index is -0.448. The summed E-state index contributed by atoms with van der Waals surface area (Å²) in [6.45, 7) is 6.05. The summed E-state index contributed by atoms with van der Waals surface area (Å²) >= 11 is 0. The number of nitrogens with zero attached hydrogens (tertiary/aromatic N) is 1. The Balaban J connectivity index is 1.99. The molecule has 2 aromatic carbocycles. The van der Waals surface area contributed by atoms with E-state index < -0.39 is 6.09 Å². The minimum absolute atomic E-state index is 0.181. The highest BCUT2D eigenvalue weighted by Gasteiger charge is 2.15. The number of carbonyl (C=O) groups excluding carboxylic acids is 2. The highest BCUT2D eigenvalue weighted by molar-refractivity contribution is 5.88. The lowest BCUT2D eigenvalue weighted by atomic mass is 10.1. The van der Waals surface area contributed by atoms with Crippen molar-refractivity contribution in [2.45, 2.75) is 13.3 Å². The maximum atomic E-state index is 12.4. The molecule has 0 unspecified atom stereocenters. The van der Waals surface area contributed by atoms with Gasteiger partial charge in [-0.15, -0.1) is 6.58 Å². The fourth-order valence-corrected chi connectivity index (χ4v) is 2.33. The molecule has 2 amide bonds. The first-order valence-corrected chi connectivity index (χ1v) is 8.07. The summed E-state index contributed by atoms with van der Waals surface area (Å²) in [5.74, 6) is 0.199. The summed E-state index contributed by atoms with van der Waals surface area (Å²) in [5, 5.41) is 2.66. The van der Waals surface area contributed by atoms with Gasteiger partial charge in [-0.05, 0) is 24.1 Å². The Morgan fingerprint density at radius 1 is 1.16 bits per heavy atom. The Hall–Kier alpha value is -3.08. The number of anilines is 1. The number of hydrogen-bond acceptors (Lipinski definition) is 3. The van der Waals surface area contributed by atoms with Gasteiger partial charge in [0, 0.05) is 31.8 Å². The van der Waals surface area contributed by atoms with E-state index in [1.54, 1.807) is 35.2 Å². The zero-order valence-corrected chi connectivity index (χ0v) is 14.3. The molecule has 0 aromatic heterocycles. The van der Waals surface area contributed by atoms with E-state index in [0.717, 1.165) is 12.0 Å². The van der Waals surface area contributed by atoms with Crippen LogP contribution in [0.25, 0.3) is 0 Å². The predicted octanol–water partition coefficient (Wildman–Crippen LogP) is 3.87. The van der Waals surface area contributed by atoms with Gasteiger partial charge in [0.2, 0.25) is 5.91 Å². The molecule has 25 heavy (non-hydrogen) atoms. The van der Waals surface area contributed by atoms with Crippen molar-refractivity contribution in [1.29, 1.82) is 0 Å². The van der Waals surface area contributed by atoms with E-state index in [-0.39, 0.29) is 5.91 Å². The summed E-state index contributed by atoms with van der Waals surface area (Å²) in [4.78, 5) is 25.1. The summed E-state index contributed by atoms with van der Waals surface area (Å²) < 4.78 is 5.43. The Morgan fingerprint density at radius 2 is 1.92 bits per heavy atom. The number of hydrogen-bond donors (Lipinski definition) is 1. The van der Waals surface area contributed by atoms with Crippen LogP contribution in [0.4, 0.5) is 10.5 Å². The molecular formula is C20H22N2O3. The second-order valence-corrected chi connectivity index (χ2v) is 5.55. The molecule has 0 radical (unpaired) electrons. The quantitative estimate of drug-likeness (QED) is 0.780. The van der Waals surface area contributed by atoms with Crippen molar-refractivity contribution in [3.63, 3.8) is 0 Å². The number of carbonyl (C=O) groups is 2. The van der Waals surface area contributed by atoms with Crippen molar-refractivity contribution in [1.82, 2.24) is 4.90 Å². The smallest absolute Gasteiger partial charge is 0.410 e. The SMILES string of the molecule is C=CCN(CCc1ccccc1)C(=O)Oc1cccc(NC(C)=O)c1. The van der Waals surface area contributed by atoms with E-state index in [2.05, 4.69) is 11.9 Å². The van der Waals surface area contributed by atoms with E-state index in [4.69, 9.17) is 4.74 Å². The van der Waals surface area contributed by atoms with E-state index >= 15 is 0 Å². The summed E-state index contributed by atoms with van der Waals surface area (Å²) in [6, 6.07) is 16.7. The van der Waals surface area contributed by atoms with Gasteiger partial charge in [0.05, 0.1) is 0 Å². The van der Waals surface area contributed by atoms with Gasteiger partial charge in [-0.25, -0.2) is 4.79 Å². The van der Waals surface area contributed by atoms with E-state index in [0.29, 0.717) is 24.5 Å². The molecule has 0 spiro atoms. The molecule has 2 rings (SSSR count). The second-order valence-electron chi connectivity index (χ2n) is 5.55. The van der Waals surface area contributed by atoms with Crippen molar-refractivity contribution in [3.8, 4) is 5.75 Å². The van der Waals surface area contributed by atoms with Crippen LogP contribution in [0, 0.1) is 0 Å². The average Bonchev–Trinajstić information content (AvgIpc) is 2.59. The first-order chi connectivity index (χ1) is 12.1. The number of ether oxygens (including phenoxy) is 1. The largest absolute Gasteiger partial charge is 0.415 e. The van der Waals surface area contributed by atoms with Gasteiger partial charge in [0.15, 0.2) is 0 Å². The van der Waals surface area contributed by atoms with Crippen LogP contribution in [0.3, 0.4) is 0 Å². The van der Waals surface area contributed by atoms with E-state index in [1.807, 2.05) is 30.3 Å². The molecule has 0 aliphatic carbocycles. The molecule has 5 heteroatoms. The predicted molar refractivity (Wildman–Crippen MR) is 98.7 cm³/mol. The van der Waals surface area contributed by atoms with Crippen molar-refractivity contribution < 1.29 is 14.3 Å². The molecule has 0 heterocycles. The van der Waals surface area contributed by atoms with Crippen LogP contribution >= 0.6 is 0 Å². The summed E-state index contributed by atoms with van der Waals surface area (Å²) in [5.41, 5.74) is 1.73. The zero-order chi connectivity index (χ0) is 18.1. The van der Waals surface area contributed by atoms with Crippen LogP contribution in [-0.4, -0.2) is 30.0 Å². The first-order valence-electron chi connectivity index (χ1n) is 8.07. The number of benzene rings is 2. The molecule has 0 fully saturated rings. The number of amides is 2. The number of nitrogens with one attached hydrogen (secondary N) is 1. The molecular weight excluding hydrogens is 316 g/mol. The van der Waals surface area contributed by atoms with Gasteiger partial charge in [0.1, 0.15) is 5.75 Å². The molecule has 0 atom stereocenters. The Bertz CT molecular complexity index is 729. The summed E-state index contributed by atoms with van der Waals surface area (Å²) in [6.07, 6.45) is 1.95. The highest BCUT2D eigenvalue weighted by atomic mass is 16.6. The Morgan fingerprint density at radius 3 is 2.60 bits per heavy atom. The molecule has 0 saturated heterocycles. The van der Waals surface area contributed by atoms with Crippen LogP contribution < -0.4 is 10.1 Å². The third kappa shape index (κ3) is 6.14. The Kier molecular flexibility index (Phi) is 6.77. The number of rotatable bonds is 7. The second kappa shape index (κ2) is 9.27. The fourth-order valence-electron chi connectivity index (χ4n) is 2.33. The van der Waals surface area contributed by atoms with Crippen LogP contribution in [-0.2, 0) is 11.2 Å². The molecule has 5 nitrogen and oxygen atoms in total. The van der Waals surface area contributed by atoms with E-state index in [9.17, 15) is 9.59 Å². The fraction of sp³-hybridized carbons (Fsp3) is 0.200. The highest BCUT2D eigenvalue weighted by Crippen LogP contribution is 2.18. The van der Waals surface area contributed by atoms with Gasteiger partial charge in [0.25, 0.3) is 0 Å². The van der Waals surface area contributed by atoms with Crippen LogP contribution in [0.2, 0.25) is 0 Å². The topological polar surface area (TPSA) is 58.6 Å². The first kappa shape index (κ1) is 18.3. The maximum absolute atomic E-state index is 12.4. The molecule has 1 N–H and O–H groups in total. The van der Waals surface area contributed by atoms with Gasteiger partial charge >= 0.3 is 6.09 Å². The van der Waals surface area contributed by atoms with Crippen molar-refractivity contribution >= 4 is 17.7 Å². The molecule has 130 valence electrons. The zero-order valence-electron chi connectivity index (χ0n) is 14.3. The van der Waals surface area contributed by atoms with Gasteiger partial charge in [-0.2, -0.15) is 0 Å². The lowest BCUT2D eigenvalue weighted by Gasteiger charge is -2.20. The average molecular weight is 338 g/mol. The van der Waals surface area contributed by atoms with Crippen molar-refractivity contribution in [2.24, 2.45) is 0 Å². The van der Waals surface area contributed by atoms with E-state index in [1.165, 1.54) is 6.92 Å². The Labute approximate surface area is 147 Å². The standard InChI is InChI=1S/C20H22N2O3/c1-3-13-22(14-12-17-8-5-4-6-9-17)20(24)25-19-11-7-10-18(15-19)21-16(2)23/h3-11,15H,1,12-14H2,2H3,(H,21,23). The maximum Gasteiger partial charge on any atom is 0.415 e. The van der Waals surface area contributed by atoms with Crippen molar-refractivity contribution in [3.05, 3.63) is 72.8 Å². The molecule has 0 aliphatic heterocycles. The minimum Gasteiger partial charge on any atom is -0.410 e. The third-order valence-electron chi connectivity index (χ3n) is 3.48. The van der Waals surface area contributed by atoms with Gasteiger partial charge in [-0.1, -0.05) is 42.5 Å². The third-order valence-corrected chi connectivity index (χ3v) is 3.48.